The van der Waals surface area contributed by atoms with Gasteiger partial charge in [0, 0.05) is 18.8 Å². The highest BCUT2D eigenvalue weighted by atomic mass is 35.5. The molecule has 2 aromatic rings. The summed E-state index contributed by atoms with van der Waals surface area (Å²) in [6.07, 6.45) is 0. The van der Waals surface area contributed by atoms with E-state index in [2.05, 4.69) is 0 Å². The highest BCUT2D eigenvalue weighted by Crippen LogP contribution is 2.33. The number of likely N-dealkylation sites (N-methyl/N-ethyl adjacent to an activating group) is 1. The van der Waals surface area contributed by atoms with E-state index in [1.807, 2.05) is 0 Å². The van der Waals surface area contributed by atoms with Crippen LogP contribution in [0.3, 0.4) is 0 Å². The van der Waals surface area contributed by atoms with Crippen molar-refractivity contribution in [2.75, 3.05) is 32.7 Å². The van der Waals surface area contributed by atoms with E-state index in [0.29, 0.717) is 17.2 Å². The molecule has 0 unspecified atom stereocenters. The van der Waals surface area contributed by atoms with Crippen LogP contribution in [0, 0.1) is 0 Å². The number of imide groups is 1. The van der Waals surface area contributed by atoms with Crippen molar-refractivity contribution in [1.82, 2.24) is 4.90 Å². The predicted octanol–water partition coefficient (Wildman–Crippen LogP) is 3.27. The second-order valence-corrected chi connectivity index (χ2v) is 6.81. The van der Waals surface area contributed by atoms with Gasteiger partial charge >= 0.3 is 0 Å². The second-order valence-electron chi connectivity index (χ2n) is 6.00. The van der Waals surface area contributed by atoms with Gasteiger partial charge in [0.1, 0.15) is 6.54 Å². The molecule has 1 aliphatic rings. The molecule has 28 heavy (non-hydrogen) atoms. The molecule has 0 radical (unpaired) electrons. The van der Waals surface area contributed by atoms with Crippen molar-refractivity contribution in [2.45, 2.75) is 0 Å². The number of amides is 3. The van der Waals surface area contributed by atoms with Crippen LogP contribution in [0.1, 0.15) is 20.7 Å². The average Bonchev–Trinajstić information content (AvgIpc) is 2.91. The molecule has 1 heterocycles. The fourth-order valence-corrected chi connectivity index (χ4v) is 3.17. The lowest BCUT2D eigenvalue weighted by Crippen LogP contribution is -2.41. The molecule has 2 aromatic carbocycles. The number of carbonyl (C=O) groups excluding carboxylic acids is 3. The van der Waals surface area contributed by atoms with Crippen LogP contribution < -0.4 is 14.4 Å². The van der Waals surface area contributed by atoms with Crippen LogP contribution in [0.2, 0.25) is 10.0 Å². The minimum atomic E-state index is -0.590. The van der Waals surface area contributed by atoms with Gasteiger partial charge in [-0.1, -0.05) is 23.2 Å². The van der Waals surface area contributed by atoms with E-state index in [1.54, 1.807) is 18.2 Å². The highest BCUT2D eigenvalue weighted by molar-refractivity contribution is 6.43. The van der Waals surface area contributed by atoms with Crippen molar-refractivity contribution in [1.29, 1.82) is 0 Å². The van der Waals surface area contributed by atoms with Gasteiger partial charge in [0.25, 0.3) is 11.8 Å². The summed E-state index contributed by atoms with van der Waals surface area (Å²) < 4.78 is 10.4. The molecular formula is C19H16Cl2N2O5. The molecular weight excluding hydrogens is 407 g/mol. The molecule has 0 bridgehead atoms. The third kappa shape index (κ3) is 3.39. The molecule has 0 N–H and O–H groups in total. The monoisotopic (exact) mass is 422 g/mol. The van der Waals surface area contributed by atoms with Gasteiger partial charge < -0.3 is 14.4 Å². The van der Waals surface area contributed by atoms with Crippen LogP contribution in [0.25, 0.3) is 0 Å². The summed E-state index contributed by atoms with van der Waals surface area (Å²) >= 11 is 11.9. The molecule has 0 aliphatic carbocycles. The molecule has 146 valence electrons. The van der Waals surface area contributed by atoms with Gasteiger partial charge in [0.2, 0.25) is 5.91 Å². The molecule has 0 aromatic heterocycles. The molecule has 0 spiro atoms. The van der Waals surface area contributed by atoms with Gasteiger partial charge in [-0.2, -0.15) is 0 Å². The SMILES string of the molecule is COc1ccc(N(C)C(=O)CN2C(=O)c3cc(Cl)c(Cl)cc3C2=O)cc1OC. The molecule has 3 rings (SSSR count). The van der Waals surface area contributed by atoms with Crippen LogP contribution in [0.5, 0.6) is 11.5 Å². The maximum atomic E-state index is 12.7. The molecule has 3 amide bonds. The molecule has 1 aliphatic heterocycles. The number of carbonyl (C=O) groups is 3. The quantitative estimate of drug-likeness (QED) is 0.691. The van der Waals surface area contributed by atoms with E-state index < -0.39 is 24.3 Å². The fraction of sp³-hybridized carbons (Fsp3) is 0.211. The number of hydrogen-bond donors (Lipinski definition) is 0. The lowest BCUT2D eigenvalue weighted by atomic mass is 10.1. The Morgan fingerprint density at radius 2 is 1.50 bits per heavy atom. The zero-order valence-corrected chi connectivity index (χ0v) is 16.8. The van der Waals surface area contributed by atoms with Crippen LogP contribution in [-0.2, 0) is 4.79 Å². The van der Waals surface area contributed by atoms with E-state index in [9.17, 15) is 14.4 Å². The van der Waals surface area contributed by atoms with Crippen LogP contribution >= 0.6 is 23.2 Å². The summed E-state index contributed by atoms with van der Waals surface area (Å²) in [4.78, 5) is 40.0. The first-order chi connectivity index (χ1) is 13.3. The van der Waals surface area contributed by atoms with E-state index >= 15 is 0 Å². The maximum absolute atomic E-state index is 12.7. The van der Waals surface area contributed by atoms with Crippen molar-refractivity contribution in [2.24, 2.45) is 0 Å². The Morgan fingerprint density at radius 3 is 2.00 bits per heavy atom. The van der Waals surface area contributed by atoms with Gasteiger partial charge in [-0.25, -0.2) is 0 Å². The van der Waals surface area contributed by atoms with Crippen molar-refractivity contribution >= 4 is 46.6 Å². The van der Waals surface area contributed by atoms with Crippen LogP contribution in [0.15, 0.2) is 30.3 Å². The number of methoxy groups -OCH3 is 2. The summed E-state index contributed by atoms with van der Waals surface area (Å²) in [5.74, 6) is -0.676. The number of rotatable bonds is 5. The third-order valence-corrected chi connectivity index (χ3v) is 5.16. The number of halogens is 2. The topological polar surface area (TPSA) is 76.2 Å². The van der Waals surface area contributed by atoms with Gasteiger partial charge in [0.05, 0.1) is 35.4 Å². The van der Waals surface area contributed by atoms with Gasteiger partial charge in [0.15, 0.2) is 11.5 Å². The molecule has 0 fully saturated rings. The minimum absolute atomic E-state index is 0.126. The first-order valence-electron chi connectivity index (χ1n) is 8.12. The standard InChI is InChI=1S/C19H16Cl2N2O5/c1-22(10-4-5-15(27-2)16(6-10)28-3)17(24)9-23-18(25)11-7-13(20)14(21)8-12(11)19(23)26/h4-8H,9H2,1-3H3. The Balaban J connectivity index is 1.81. The number of ether oxygens (including phenoxy) is 2. The number of benzene rings is 2. The summed E-state index contributed by atoms with van der Waals surface area (Å²) in [5.41, 5.74) is 0.771. The summed E-state index contributed by atoms with van der Waals surface area (Å²) in [6.45, 7) is -0.424. The first kappa shape index (κ1) is 20.0. The van der Waals surface area contributed by atoms with Gasteiger partial charge in [-0.05, 0) is 24.3 Å². The molecule has 9 heteroatoms. The normalized spacial score (nSPS) is 12.8. The fourth-order valence-electron chi connectivity index (χ4n) is 2.85. The molecule has 0 saturated heterocycles. The van der Waals surface area contributed by atoms with E-state index in [0.717, 1.165) is 4.90 Å². The lowest BCUT2D eigenvalue weighted by molar-refractivity contribution is -0.118. The zero-order valence-electron chi connectivity index (χ0n) is 15.3. The van der Waals surface area contributed by atoms with Crippen molar-refractivity contribution < 1.29 is 23.9 Å². The average molecular weight is 423 g/mol. The smallest absolute Gasteiger partial charge is 0.262 e. The largest absolute Gasteiger partial charge is 0.493 e. The van der Waals surface area contributed by atoms with Crippen molar-refractivity contribution in [3.63, 3.8) is 0 Å². The zero-order chi connectivity index (χ0) is 20.6. The minimum Gasteiger partial charge on any atom is -0.493 e. The van der Waals surface area contributed by atoms with Crippen LogP contribution in [-0.4, -0.2) is 50.4 Å². The Labute approximate surface area is 171 Å². The summed E-state index contributed by atoms with van der Waals surface area (Å²) in [5, 5.41) is 0.328. The Hall–Kier alpha value is -2.77. The highest BCUT2D eigenvalue weighted by Gasteiger charge is 2.38. The number of anilines is 1. The Bertz CT molecular complexity index is 952. The Morgan fingerprint density at radius 1 is 0.964 bits per heavy atom. The van der Waals surface area contributed by atoms with E-state index in [4.69, 9.17) is 32.7 Å². The van der Waals surface area contributed by atoms with Crippen LogP contribution in [0.4, 0.5) is 5.69 Å². The third-order valence-electron chi connectivity index (χ3n) is 4.43. The van der Waals surface area contributed by atoms with Crippen molar-refractivity contribution in [3.05, 3.63) is 51.5 Å². The number of fused-ring (bicyclic) bond motifs is 1. The lowest BCUT2D eigenvalue weighted by Gasteiger charge is -2.21. The predicted molar refractivity (Wildman–Crippen MR) is 105 cm³/mol. The number of nitrogens with zero attached hydrogens (tertiary/aromatic N) is 2. The molecule has 7 nitrogen and oxygen atoms in total. The van der Waals surface area contributed by atoms with E-state index in [-0.39, 0.29) is 21.2 Å². The molecule has 0 saturated carbocycles. The van der Waals surface area contributed by atoms with Gasteiger partial charge in [-0.15, -0.1) is 0 Å². The maximum Gasteiger partial charge on any atom is 0.262 e. The Kier molecular flexibility index (Phi) is 5.49. The first-order valence-corrected chi connectivity index (χ1v) is 8.88. The summed E-state index contributed by atoms with van der Waals surface area (Å²) in [7, 11) is 4.53. The number of hydrogen-bond acceptors (Lipinski definition) is 5. The molecule has 0 atom stereocenters. The summed E-state index contributed by atoms with van der Waals surface area (Å²) in [6, 6.07) is 7.62. The van der Waals surface area contributed by atoms with E-state index in [1.165, 1.54) is 38.3 Å². The van der Waals surface area contributed by atoms with Gasteiger partial charge in [-0.3, -0.25) is 19.3 Å². The van der Waals surface area contributed by atoms with Crippen molar-refractivity contribution in [3.8, 4) is 11.5 Å². The second kappa shape index (κ2) is 7.69.